The van der Waals surface area contributed by atoms with Crippen LogP contribution in [0.2, 0.25) is 5.02 Å². The van der Waals surface area contributed by atoms with Crippen LogP contribution in [0.4, 0.5) is 9.80 Å². The number of aliphatic imine (C=N–C) groups is 1. The van der Waals surface area contributed by atoms with Crippen LogP contribution in [0.5, 0.6) is 0 Å². The van der Waals surface area contributed by atoms with E-state index in [1.807, 2.05) is 35.7 Å². The van der Waals surface area contributed by atoms with Crippen molar-refractivity contribution in [2.24, 2.45) is 4.99 Å². The number of carbonyl (C=O) groups is 1. The van der Waals surface area contributed by atoms with E-state index in [9.17, 15) is 4.79 Å². The molecule has 0 atom stereocenters. The predicted molar refractivity (Wildman–Crippen MR) is 82.9 cm³/mol. The number of rotatable bonds is 2. The highest BCUT2D eigenvalue weighted by Gasteiger charge is 2.25. The molecule has 1 aromatic carbocycles. The second-order valence-corrected chi connectivity index (χ2v) is 5.66. The molecule has 3 rings (SSSR count). The van der Waals surface area contributed by atoms with Gasteiger partial charge in [0.15, 0.2) is 0 Å². The summed E-state index contributed by atoms with van der Waals surface area (Å²) in [6, 6.07) is 11.0. The second-order valence-electron chi connectivity index (χ2n) is 4.27. The Bertz CT molecular complexity index is 654. The topological polar surface area (TPSA) is 44.7 Å². The molecule has 0 spiro atoms. The lowest BCUT2D eigenvalue weighted by Gasteiger charge is -2.18. The van der Waals surface area contributed by atoms with Crippen molar-refractivity contribution in [3.05, 3.63) is 52.4 Å². The fourth-order valence-corrected chi connectivity index (χ4v) is 2.84. The zero-order valence-corrected chi connectivity index (χ0v) is 12.1. The van der Waals surface area contributed by atoms with Gasteiger partial charge in [0.05, 0.1) is 11.5 Å². The summed E-state index contributed by atoms with van der Waals surface area (Å²) in [6.45, 7) is 1.19. The van der Waals surface area contributed by atoms with Gasteiger partial charge in [-0.2, -0.15) is 0 Å². The maximum Gasteiger partial charge on any atom is 0.328 e. The number of carbonyl (C=O) groups excluding carboxylic acids is 1. The molecule has 0 unspecified atom stereocenters. The SMILES string of the molecule is O=C(Nc1cccs1)N1CCN=C1c1cccc(Cl)c1. The van der Waals surface area contributed by atoms with Gasteiger partial charge in [0.2, 0.25) is 0 Å². The van der Waals surface area contributed by atoms with Gasteiger partial charge in [0.1, 0.15) is 5.84 Å². The van der Waals surface area contributed by atoms with E-state index in [0.717, 1.165) is 10.6 Å². The van der Waals surface area contributed by atoms with Gasteiger partial charge in [-0.15, -0.1) is 11.3 Å². The molecule has 2 amide bonds. The average molecular weight is 306 g/mol. The molecule has 0 bridgehead atoms. The first-order valence-corrected chi connectivity index (χ1v) is 7.42. The quantitative estimate of drug-likeness (QED) is 0.903. The predicted octanol–water partition coefficient (Wildman–Crippen LogP) is 3.70. The fraction of sp³-hybridized carbons (Fsp3) is 0.143. The lowest BCUT2D eigenvalue weighted by atomic mass is 10.2. The molecule has 2 heterocycles. The van der Waals surface area contributed by atoms with E-state index in [1.165, 1.54) is 11.3 Å². The first kappa shape index (κ1) is 13.1. The van der Waals surface area contributed by atoms with Crippen LogP contribution >= 0.6 is 22.9 Å². The van der Waals surface area contributed by atoms with E-state index in [4.69, 9.17) is 11.6 Å². The van der Waals surface area contributed by atoms with E-state index in [-0.39, 0.29) is 6.03 Å². The smallest absolute Gasteiger partial charge is 0.299 e. The van der Waals surface area contributed by atoms with Gasteiger partial charge < -0.3 is 0 Å². The number of thiophene rings is 1. The molecule has 102 valence electrons. The number of amides is 2. The second kappa shape index (κ2) is 5.64. The lowest BCUT2D eigenvalue weighted by molar-refractivity contribution is 0.236. The van der Waals surface area contributed by atoms with Gasteiger partial charge >= 0.3 is 6.03 Å². The summed E-state index contributed by atoms with van der Waals surface area (Å²) in [5, 5.41) is 6.25. The van der Waals surface area contributed by atoms with E-state index in [1.54, 1.807) is 11.0 Å². The minimum atomic E-state index is -0.163. The number of urea groups is 1. The molecule has 0 fully saturated rings. The average Bonchev–Trinajstić information content (AvgIpc) is 3.09. The van der Waals surface area contributed by atoms with E-state index >= 15 is 0 Å². The highest BCUT2D eigenvalue weighted by atomic mass is 35.5. The van der Waals surface area contributed by atoms with Gasteiger partial charge in [-0.05, 0) is 29.6 Å². The van der Waals surface area contributed by atoms with Gasteiger partial charge in [-0.25, -0.2) is 4.79 Å². The summed E-state index contributed by atoms with van der Waals surface area (Å²) in [5.41, 5.74) is 0.858. The van der Waals surface area contributed by atoms with Crippen molar-refractivity contribution < 1.29 is 4.79 Å². The Balaban J connectivity index is 1.80. The standard InChI is InChI=1S/C14H12ClN3OS/c15-11-4-1-3-10(9-11)13-16-6-7-18(13)14(19)17-12-5-2-8-20-12/h1-5,8-9H,6-7H2,(H,17,19). The molecule has 1 aliphatic rings. The number of nitrogens with zero attached hydrogens (tertiary/aromatic N) is 2. The third kappa shape index (κ3) is 2.69. The van der Waals surface area contributed by atoms with Crippen molar-refractivity contribution in [1.82, 2.24) is 4.90 Å². The zero-order chi connectivity index (χ0) is 13.9. The Morgan fingerprint density at radius 3 is 3.00 bits per heavy atom. The highest BCUT2D eigenvalue weighted by molar-refractivity contribution is 7.14. The first-order chi connectivity index (χ1) is 9.74. The Morgan fingerprint density at radius 2 is 2.25 bits per heavy atom. The summed E-state index contributed by atoms with van der Waals surface area (Å²) in [6.07, 6.45) is 0. The Kier molecular flexibility index (Phi) is 3.71. The third-order valence-electron chi connectivity index (χ3n) is 2.92. The molecule has 0 saturated carbocycles. The van der Waals surface area contributed by atoms with Crippen molar-refractivity contribution in [2.75, 3.05) is 18.4 Å². The van der Waals surface area contributed by atoms with Crippen LogP contribution < -0.4 is 5.32 Å². The molecular weight excluding hydrogens is 294 g/mol. The maximum absolute atomic E-state index is 12.3. The normalized spacial score (nSPS) is 14.2. The molecule has 1 N–H and O–H groups in total. The summed E-state index contributed by atoms with van der Waals surface area (Å²) in [4.78, 5) is 18.3. The van der Waals surface area contributed by atoms with Crippen molar-refractivity contribution in [2.45, 2.75) is 0 Å². The van der Waals surface area contributed by atoms with Crippen molar-refractivity contribution in [3.63, 3.8) is 0 Å². The number of halogens is 1. The lowest BCUT2D eigenvalue weighted by Crippen LogP contribution is -2.38. The Labute approximate surface area is 125 Å². The molecule has 0 aliphatic carbocycles. The molecule has 6 heteroatoms. The molecule has 2 aromatic rings. The Hall–Kier alpha value is -1.85. The van der Waals surface area contributed by atoms with E-state index < -0.39 is 0 Å². The van der Waals surface area contributed by atoms with Gasteiger partial charge in [-0.3, -0.25) is 15.2 Å². The molecule has 1 aliphatic heterocycles. The number of anilines is 1. The van der Waals surface area contributed by atoms with Gasteiger partial charge in [0, 0.05) is 17.1 Å². The monoisotopic (exact) mass is 305 g/mol. The summed E-state index contributed by atoms with van der Waals surface area (Å²) < 4.78 is 0. The van der Waals surface area contributed by atoms with Crippen LogP contribution in [0.3, 0.4) is 0 Å². The van der Waals surface area contributed by atoms with Gasteiger partial charge in [0.25, 0.3) is 0 Å². The molecule has 4 nitrogen and oxygen atoms in total. The molecule has 20 heavy (non-hydrogen) atoms. The molecule has 1 aromatic heterocycles. The number of hydrogen-bond donors (Lipinski definition) is 1. The van der Waals surface area contributed by atoms with Gasteiger partial charge in [-0.1, -0.05) is 23.7 Å². The van der Waals surface area contributed by atoms with Crippen molar-refractivity contribution in [1.29, 1.82) is 0 Å². The van der Waals surface area contributed by atoms with Crippen LogP contribution in [0.15, 0.2) is 46.8 Å². The van der Waals surface area contributed by atoms with Crippen molar-refractivity contribution in [3.8, 4) is 0 Å². The largest absolute Gasteiger partial charge is 0.328 e. The third-order valence-corrected chi connectivity index (χ3v) is 3.94. The summed E-state index contributed by atoms with van der Waals surface area (Å²) in [7, 11) is 0. The summed E-state index contributed by atoms with van der Waals surface area (Å²) in [5.74, 6) is 0.668. The van der Waals surface area contributed by atoms with Crippen molar-refractivity contribution >= 4 is 39.8 Å². The Morgan fingerprint density at radius 1 is 1.35 bits per heavy atom. The highest BCUT2D eigenvalue weighted by Crippen LogP contribution is 2.19. The van der Waals surface area contributed by atoms with Crippen LogP contribution in [-0.4, -0.2) is 29.9 Å². The molecule has 0 saturated heterocycles. The van der Waals surface area contributed by atoms with E-state index in [2.05, 4.69) is 10.3 Å². The first-order valence-electron chi connectivity index (χ1n) is 6.16. The number of hydrogen-bond acceptors (Lipinski definition) is 3. The van der Waals surface area contributed by atoms with Crippen LogP contribution in [0.25, 0.3) is 0 Å². The molecular formula is C14H12ClN3OS. The summed E-state index contributed by atoms with van der Waals surface area (Å²) >= 11 is 7.48. The number of benzene rings is 1. The van der Waals surface area contributed by atoms with Crippen LogP contribution in [0.1, 0.15) is 5.56 Å². The van der Waals surface area contributed by atoms with Crippen LogP contribution in [0, 0.1) is 0 Å². The number of amidine groups is 1. The zero-order valence-electron chi connectivity index (χ0n) is 10.5. The number of nitrogens with one attached hydrogen (secondary N) is 1. The van der Waals surface area contributed by atoms with E-state index in [0.29, 0.717) is 23.9 Å². The van der Waals surface area contributed by atoms with Crippen LogP contribution in [-0.2, 0) is 0 Å². The molecule has 0 radical (unpaired) electrons. The minimum Gasteiger partial charge on any atom is -0.299 e. The maximum atomic E-state index is 12.3. The minimum absolute atomic E-state index is 0.163. The fourth-order valence-electron chi connectivity index (χ4n) is 2.04.